The summed E-state index contributed by atoms with van der Waals surface area (Å²) in [5, 5.41) is 0. The molecule has 8 aliphatic rings. The second kappa shape index (κ2) is 32.7. The molecule has 8 unspecified atom stereocenters. The van der Waals surface area contributed by atoms with Crippen molar-refractivity contribution in [2.45, 2.75) is 217 Å². The summed E-state index contributed by atoms with van der Waals surface area (Å²) < 4.78 is 31.3. The molecule has 0 aromatic rings. The zero-order valence-corrected chi connectivity index (χ0v) is 50.6. The molecule has 0 aliphatic heterocycles. The van der Waals surface area contributed by atoms with Gasteiger partial charge in [0.25, 0.3) is 0 Å². The maximum Gasteiger partial charge on any atom is 0.333 e. The van der Waals surface area contributed by atoms with Gasteiger partial charge in [-0.05, 0) is 206 Å². The molecular formula is C67H96O12. The number of hydrogen-bond acceptors (Lipinski definition) is 12. The van der Waals surface area contributed by atoms with Crippen molar-refractivity contribution in [1.29, 1.82) is 0 Å². The summed E-state index contributed by atoms with van der Waals surface area (Å²) in [4.78, 5) is 67.1. The predicted molar refractivity (Wildman–Crippen MR) is 316 cm³/mol. The third-order valence-electron chi connectivity index (χ3n) is 14.3. The number of allylic oxidation sites excluding steroid dienone is 6. The Morgan fingerprint density at radius 2 is 0.848 bits per heavy atom. The Hall–Kier alpha value is -6.30. The van der Waals surface area contributed by atoms with E-state index in [1.807, 2.05) is 36.5 Å². The fourth-order valence-corrected chi connectivity index (χ4v) is 9.88. The Kier molecular flexibility index (Phi) is 28.5. The second-order valence-electron chi connectivity index (χ2n) is 23.8. The van der Waals surface area contributed by atoms with Crippen LogP contribution in [-0.2, 0) is 57.2 Å². The molecule has 1 fully saturated rings. The Bertz CT molecular complexity index is 2440. The fourth-order valence-electron chi connectivity index (χ4n) is 9.88. The molecule has 8 aliphatic carbocycles. The first-order valence-corrected chi connectivity index (χ1v) is 27.9. The van der Waals surface area contributed by atoms with Crippen molar-refractivity contribution in [3.05, 3.63) is 144 Å². The number of carbonyl (C=O) groups excluding carboxylic acids is 6. The van der Waals surface area contributed by atoms with Gasteiger partial charge >= 0.3 is 35.8 Å². The molecule has 0 aromatic carbocycles. The predicted octanol–water partition coefficient (Wildman–Crippen LogP) is 15.2. The average Bonchev–Trinajstić information content (AvgIpc) is 4.05. The maximum absolute atomic E-state index is 11.5. The van der Waals surface area contributed by atoms with E-state index in [0.717, 1.165) is 83.5 Å². The monoisotopic (exact) mass is 1090 g/mol. The normalized spacial score (nSPS) is 24.9. The van der Waals surface area contributed by atoms with E-state index in [9.17, 15) is 28.8 Å². The van der Waals surface area contributed by atoms with Crippen LogP contribution in [0.25, 0.3) is 0 Å². The van der Waals surface area contributed by atoms with Crippen LogP contribution in [0, 0.1) is 22.7 Å². The highest BCUT2D eigenvalue weighted by molar-refractivity contribution is 5.89. The van der Waals surface area contributed by atoms with Gasteiger partial charge in [0.05, 0.1) is 0 Å². The molecule has 0 saturated heterocycles. The highest BCUT2D eigenvalue weighted by Gasteiger charge is 2.55. The van der Waals surface area contributed by atoms with E-state index >= 15 is 0 Å². The molecular weight excluding hydrogens is 997 g/mol. The molecule has 0 amide bonds. The van der Waals surface area contributed by atoms with Crippen LogP contribution in [-0.4, -0.2) is 72.4 Å². The molecule has 12 nitrogen and oxygen atoms in total. The summed E-state index contributed by atoms with van der Waals surface area (Å²) in [6, 6.07) is 0. The topological polar surface area (TPSA) is 158 Å². The Morgan fingerprint density at radius 3 is 1.22 bits per heavy atom. The minimum absolute atomic E-state index is 0.0146. The Balaban J connectivity index is 0.000000326. The van der Waals surface area contributed by atoms with Crippen molar-refractivity contribution < 1.29 is 57.2 Å². The van der Waals surface area contributed by atoms with Gasteiger partial charge in [-0.3, -0.25) is 0 Å². The first kappa shape index (κ1) is 68.8. The smallest absolute Gasteiger partial charge is 0.333 e. The van der Waals surface area contributed by atoms with Gasteiger partial charge in [-0.15, -0.1) is 0 Å². The number of rotatable bonds is 12. The molecule has 12 heteroatoms. The first-order valence-electron chi connectivity index (χ1n) is 27.9. The molecule has 0 aromatic heterocycles. The zero-order chi connectivity index (χ0) is 59.9. The molecule has 0 N–H and O–H groups in total. The maximum atomic E-state index is 11.5. The highest BCUT2D eigenvalue weighted by Crippen LogP contribution is 2.59. The molecule has 436 valence electrons. The molecule has 0 radical (unpaired) electrons. The van der Waals surface area contributed by atoms with E-state index in [0.29, 0.717) is 45.3 Å². The minimum Gasteiger partial charge on any atom is -0.455 e. The van der Waals surface area contributed by atoms with E-state index in [-0.39, 0.29) is 83.3 Å². The molecule has 79 heavy (non-hydrogen) atoms. The van der Waals surface area contributed by atoms with Gasteiger partial charge in [0, 0.05) is 39.4 Å². The lowest BCUT2D eigenvalue weighted by atomic mass is 9.48. The number of esters is 6. The van der Waals surface area contributed by atoms with Crippen molar-refractivity contribution >= 4 is 35.8 Å². The van der Waals surface area contributed by atoms with Crippen LogP contribution in [0.15, 0.2) is 144 Å². The van der Waals surface area contributed by atoms with Crippen LogP contribution in [0.4, 0.5) is 0 Å². The summed E-state index contributed by atoms with van der Waals surface area (Å²) >= 11 is 0. The van der Waals surface area contributed by atoms with Crippen molar-refractivity contribution in [2.75, 3.05) is 0 Å². The summed E-state index contributed by atoms with van der Waals surface area (Å²) in [5.74, 6) is -0.547. The molecule has 8 atom stereocenters. The quantitative estimate of drug-likeness (QED) is 0.0789. The number of carbonyl (C=O) groups is 6. The molecule has 1 saturated carbocycles. The van der Waals surface area contributed by atoms with Gasteiger partial charge in [0.2, 0.25) is 0 Å². The molecule has 0 spiro atoms. The van der Waals surface area contributed by atoms with Crippen LogP contribution >= 0.6 is 0 Å². The van der Waals surface area contributed by atoms with Crippen molar-refractivity contribution in [3.63, 3.8) is 0 Å². The summed E-state index contributed by atoms with van der Waals surface area (Å²) in [6.07, 6.45) is 29.2. The van der Waals surface area contributed by atoms with Crippen molar-refractivity contribution in [1.82, 2.24) is 0 Å². The minimum atomic E-state index is -0.290. The lowest BCUT2D eigenvalue weighted by Crippen LogP contribution is -2.54. The van der Waals surface area contributed by atoms with Crippen LogP contribution in [0.1, 0.15) is 180 Å². The van der Waals surface area contributed by atoms with Crippen molar-refractivity contribution in [2.24, 2.45) is 22.7 Å². The highest BCUT2D eigenvalue weighted by atomic mass is 16.6. The third-order valence-corrected chi connectivity index (χ3v) is 14.3. The van der Waals surface area contributed by atoms with E-state index < -0.39 is 0 Å². The van der Waals surface area contributed by atoms with Gasteiger partial charge in [0.1, 0.15) is 36.6 Å². The van der Waals surface area contributed by atoms with Gasteiger partial charge in [-0.2, -0.15) is 0 Å². The van der Waals surface area contributed by atoms with Crippen LogP contribution in [0.5, 0.6) is 0 Å². The van der Waals surface area contributed by atoms with E-state index in [4.69, 9.17) is 28.4 Å². The third kappa shape index (κ3) is 25.1. The fraction of sp³-hybridized carbons (Fsp3) is 0.552. The number of fused-ring (bicyclic) bond motifs is 1. The Labute approximate surface area is 474 Å². The van der Waals surface area contributed by atoms with E-state index in [2.05, 4.69) is 107 Å². The van der Waals surface area contributed by atoms with E-state index in [1.54, 1.807) is 41.5 Å². The zero-order valence-electron chi connectivity index (χ0n) is 50.6. The van der Waals surface area contributed by atoms with Crippen molar-refractivity contribution in [3.8, 4) is 0 Å². The standard InChI is InChI=1S/C14H20O2.C13H20O2.C11H16O2.2C10H14O2.C9H12O2/c1-8(2)13(15)16-12-6-9(3)10-7-11(12)14(10,4)5;1-9(2)12(14)15-11-6-10(3)7-13(4,5)8-11;1-8(2)11(12)13-10-6-4-5-9(3)7-10;1-7(2)10(11)12-9-5-4-8(3)6-9;1-8(2)10(11)12-9-6-4-3-5-7-9;1-7(2)9(10)11-8-5-3-4-6-8/h6,10-12H,1,7H2,2-5H3;6,11H,1,7-8H2,2-5H3;7,10H,1,4-6H2,2-3H3;6,9H,1,4-5H2,2-3H3;4,6,9H,1,3,5,7H2,2H3;3,5,8H,1,4,6H2,2H3. The van der Waals surface area contributed by atoms with Gasteiger partial charge in [-0.25, -0.2) is 28.8 Å². The van der Waals surface area contributed by atoms with Gasteiger partial charge in [-0.1, -0.05) is 102 Å². The average molecular weight is 1090 g/mol. The first-order chi connectivity index (χ1) is 36.7. The lowest BCUT2D eigenvalue weighted by molar-refractivity contribution is -0.156. The summed E-state index contributed by atoms with van der Waals surface area (Å²) in [6.45, 7) is 48.6. The molecule has 0 heterocycles. The van der Waals surface area contributed by atoms with Crippen LogP contribution < -0.4 is 0 Å². The Morgan fingerprint density at radius 1 is 0.456 bits per heavy atom. The second-order valence-corrected chi connectivity index (χ2v) is 23.8. The molecule has 8 rings (SSSR count). The lowest BCUT2D eigenvalue weighted by Gasteiger charge is -2.58. The summed E-state index contributed by atoms with van der Waals surface area (Å²) in [7, 11) is 0. The van der Waals surface area contributed by atoms with Gasteiger partial charge in [0.15, 0.2) is 0 Å². The molecule has 2 bridgehead atoms. The SMILES string of the molecule is C=C(C)C(=O)OC1C=C(C)C2CC1C2(C)C.C=C(C)C(=O)OC1C=C(C)CC(C)(C)C1.C=C(C)C(=O)OC1C=C(C)CC1.C=C(C)C(=O)OC1C=C(C)CCC1.C=C(C)C(=O)OC1C=CCC1.C=C(C)C(=O)OC1C=CCCC1. The summed E-state index contributed by atoms with van der Waals surface area (Å²) in [5.41, 5.74) is 8.58. The van der Waals surface area contributed by atoms with E-state index in [1.165, 1.54) is 22.3 Å². The number of ether oxygens (including phenoxy) is 6. The van der Waals surface area contributed by atoms with Gasteiger partial charge < -0.3 is 28.4 Å². The van der Waals surface area contributed by atoms with Crippen LogP contribution in [0.2, 0.25) is 0 Å². The largest absolute Gasteiger partial charge is 0.455 e. The number of hydrogen-bond donors (Lipinski definition) is 0. The van der Waals surface area contributed by atoms with Crippen LogP contribution in [0.3, 0.4) is 0 Å².